The second-order valence-corrected chi connectivity index (χ2v) is 5.63. The number of hydrogen-bond donors (Lipinski definition) is 1. The summed E-state index contributed by atoms with van der Waals surface area (Å²) in [6, 6.07) is 0.267. The Morgan fingerprint density at radius 1 is 1.47 bits per heavy atom. The van der Waals surface area contributed by atoms with Crippen LogP contribution >= 0.6 is 11.3 Å². The lowest BCUT2D eigenvalue weighted by atomic mass is 10.2. The van der Waals surface area contributed by atoms with Crippen LogP contribution in [0.5, 0.6) is 0 Å². The van der Waals surface area contributed by atoms with Gasteiger partial charge in [0.2, 0.25) is 5.89 Å². The molecule has 1 aliphatic rings. The molecule has 1 unspecified atom stereocenters. The molecule has 1 fully saturated rings. The number of thiazole rings is 1. The van der Waals surface area contributed by atoms with Crippen LogP contribution in [0.2, 0.25) is 0 Å². The van der Waals surface area contributed by atoms with E-state index in [1.165, 1.54) is 0 Å². The van der Waals surface area contributed by atoms with E-state index in [0.29, 0.717) is 31.2 Å². The zero-order valence-electron chi connectivity index (χ0n) is 10.8. The predicted octanol–water partition coefficient (Wildman–Crippen LogP) is 0.956. The summed E-state index contributed by atoms with van der Waals surface area (Å²) in [5.74, 6) is 1.35. The monoisotopic (exact) mass is 280 g/mol. The second-order valence-electron chi connectivity index (χ2n) is 4.57. The van der Waals surface area contributed by atoms with Crippen molar-refractivity contribution in [3.63, 3.8) is 0 Å². The number of nitrogens with one attached hydrogen (secondary N) is 1. The Balaban J connectivity index is 1.59. The first-order valence-corrected chi connectivity index (χ1v) is 7.21. The van der Waals surface area contributed by atoms with Crippen molar-refractivity contribution in [2.24, 2.45) is 0 Å². The molecule has 0 spiro atoms. The lowest BCUT2D eigenvalue weighted by Crippen LogP contribution is -2.42. The quantitative estimate of drug-likeness (QED) is 0.899. The zero-order chi connectivity index (χ0) is 13.1. The highest BCUT2D eigenvalue weighted by Gasteiger charge is 2.17. The van der Waals surface area contributed by atoms with Crippen molar-refractivity contribution >= 4 is 11.3 Å². The second kappa shape index (κ2) is 5.77. The van der Waals surface area contributed by atoms with Gasteiger partial charge in [-0.2, -0.15) is 4.98 Å². The Morgan fingerprint density at radius 2 is 2.42 bits per heavy atom. The van der Waals surface area contributed by atoms with Crippen LogP contribution in [0.4, 0.5) is 0 Å². The van der Waals surface area contributed by atoms with Gasteiger partial charge in [0.05, 0.1) is 30.3 Å². The summed E-state index contributed by atoms with van der Waals surface area (Å²) < 4.78 is 10.7. The van der Waals surface area contributed by atoms with E-state index in [9.17, 15) is 0 Å². The average Bonchev–Trinajstić information content (AvgIpc) is 3.01. The van der Waals surface area contributed by atoms with Crippen molar-refractivity contribution < 1.29 is 9.26 Å². The third-order valence-corrected chi connectivity index (χ3v) is 3.76. The maximum atomic E-state index is 5.40. The molecule has 1 saturated heterocycles. The van der Waals surface area contributed by atoms with Crippen LogP contribution in [-0.2, 0) is 17.6 Å². The molecule has 0 aromatic carbocycles. The van der Waals surface area contributed by atoms with Crippen molar-refractivity contribution in [3.8, 4) is 0 Å². The molecular weight excluding hydrogens is 264 g/mol. The third kappa shape index (κ3) is 3.37. The molecule has 3 heterocycles. The van der Waals surface area contributed by atoms with Gasteiger partial charge < -0.3 is 14.6 Å². The first-order chi connectivity index (χ1) is 9.29. The summed E-state index contributed by atoms with van der Waals surface area (Å²) in [7, 11) is 0. The normalized spacial score (nSPS) is 19.7. The maximum Gasteiger partial charge on any atom is 0.228 e. The fourth-order valence-corrected chi connectivity index (χ4v) is 2.67. The van der Waals surface area contributed by atoms with Gasteiger partial charge in [-0.3, -0.25) is 0 Å². The molecule has 1 N–H and O–H groups in total. The van der Waals surface area contributed by atoms with Crippen LogP contribution in [0.3, 0.4) is 0 Å². The van der Waals surface area contributed by atoms with Gasteiger partial charge in [0.15, 0.2) is 5.82 Å². The number of rotatable bonds is 4. The summed E-state index contributed by atoms with van der Waals surface area (Å²) in [6.45, 7) is 4.34. The van der Waals surface area contributed by atoms with Crippen LogP contribution in [-0.4, -0.2) is 40.9 Å². The minimum absolute atomic E-state index is 0.267. The standard InChI is InChI=1S/C12H16N4O2S/c1-8-14-10(7-19-8)4-11-15-12(18-16-11)5-9-6-17-3-2-13-9/h7,9,13H,2-6H2,1H3. The summed E-state index contributed by atoms with van der Waals surface area (Å²) in [5.41, 5.74) is 0.994. The van der Waals surface area contributed by atoms with Crippen molar-refractivity contribution in [3.05, 3.63) is 27.8 Å². The SMILES string of the molecule is Cc1nc(Cc2noc(CC3COCCN3)n2)cs1. The summed E-state index contributed by atoms with van der Waals surface area (Å²) in [5, 5.41) is 10.4. The zero-order valence-corrected chi connectivity index (χ0v) is 11.6. The number of aryl methyl sites for hydroxylation is 1. The lowest BCUT2D eigenvalue weighted by Gasteiger charge is -2.22. The van der Waals surface area contributed by atoms with Gasteiger partial charge in [-0.1, -0.05) is 5.16 Å². The highest BCUT2D eigenvalue weighted by Crippen LogP contribution is 2.12. The third-order valence-electron chi connectivity index (χ3n) is 2.94. The van der Waals surface area contributed by atoms with Gasteiger partial charge in [0.1, 0.15) is 0 Å². The maximum absolute atomic E-state index is 5.40. The van der Waals surface area contributed by atoms with Gasteiger partial charge in [0.25, 0.3) is 0 Å². The largest absolute Gasteiger partial charge is 0.378 e. The molecule has 0 aliphatic carbocycles. The molecular formula is C12H16N4O2S. The molecule has 1 aliphatic heterocycles. The van der Waals surface area contributed by atoms with Crippen LogP contribution in [0.25, 0.3) is 0 Å². The van der Waals surface area contributed by atoms with Gasteiger partial charge in [0, 0.05) is 24.4 Å². The highest BCUT2D eigenvalue weighted by molar-refractivity contribution is 7.09. The molecule has 0 amide bonds. The van der Waals surface area contributed by atoms with Crippen molar-refractivity contribution in [2.75, 3.05) is 19.8 Å². The molecule has 2 aromatic heterocycles. The van der Waals surface area contributed by atoms with Gasteiger partial charge >= 0.3 is 0 Å². The van der Waals surface area contributed by atoms with Crippen LogP contribution < -0.4 is 5.32 Å². The molecule has 3 rings (SSSR count). The first kappa shape index (κ1) is 12.7. The molecule has 19 heavy (non-hydrogen) atoms. The Morgan fingerprint density at radius 3 is 3.16 bits per heavy atom. The molecule has 0 saturated carbocycles. The average molecular weight is 280 g/mol. The number of ether oxygens (including phenoxy) is 1. The molecule has 0 bridgehead atoms. The number of nitrogens with zero attached hydrogens (tertiary/aromatic N) is 3. The Bertz CT molecular complexity index is 533. The van der Waals surface area contributed by atoms with Crippen molar-refractivity contribution in [2.45, 2.75) is 25.8 Å². The van der Waals surface area contributed by atoms with Crippen molar-refractivity contribution in [1.29, 1.82) is 0 Å². The summed E-state index contributed by atoms with van der Waals surface area (Å²) >= 11 is 1.64. The van der Waals surface area contributed by atoms with E-state index in [-0.39, 0.29) is 6.04 Å². The first-order valence-electron chi connectivity index (χ1n) is 6.33. The van der Waals surface area contributed by atoms with E-state index in [4.69, 9.17) is 9.26 Å². The number of hydrogen-bond acceptors (Lipinski definition) is 7. The fourth-order valence-electron chi connectivity index (χ4n) is 2.06. The van der Waals surface area contributed by atoms with E-state index in [0.717, 1.165) is 23.9 Å². The fraction of sp³-hybridized carbons (Fsp3) is 0.583. The van der Waals surface area contributed by atoms with Gasteiger partial charge in [-0.15, -0.1) is 11.3 Å². The topological polar surface area (TPSA) is 73.1 Å². The lowest BCUT2D eigenvalue weighted by molar-refractivity contribution is 0.0744. The summed E-state index contributed by atoms with van der Waals surface area (Å²) in [6.07, 6.45) is 1.34. The molecule has 0 radical (unpaired) electrons. The van der Waals surface area contributed by atoms with E-state index in [1.54, 1.807) is 11.3 Å². The minimum atomic E-state index is 0.267. The van der Waals surface area contributed by atoms with Gasteiger partial charge in [-0.25, -0.2) is 4.98 Å². The van der Waals surface area contributed by atoms with Crippen LogP contribution in [0.15, 0.2) is 9.90 Å². The molecule has 1 atom stereocenters. The Kier molecular flexibility index (Phi) is 3.86. The highest BCUT2D eigenvalue weighted by atomic mass is 32.1. The Labute approximate surface area is 115 Å². The molecule has 102 valence electrons. The summed E-state index contributed by atoms with van der Waals surface area (Å²) in [4.78, 5) is 8.80. The number of morpholine rings is 1. The van der Waals surface area contributed by atoms with E-state index in [1.807, 2.05) is 12.3 Å². The van der Waals surface area contributed by atoms with Crippen LogP contribution in [0.1, 0.15) is 22.4 Å². The van der Waals surface area contributed by atoms with Crippen molar-refractivity contribution in [1.82, 2.24) is 20.4 Å². The molecule has 6 nitrogen and oxygen atoms in total. The van der Waals surface area contributed by atoms with E-state index in [2.05, 4.69) is 20.4 Å². The van der Waals surface area contributed by atoms with Crippen LogP contribution in [0, 0.1) is 6.92 Å². The predicted molar refractivity (Wildman–Crippen MR) is 70.3 cm³/mol. The van der Waals surface area contributed by atoms with E-state index >= 15 is 0 Å². The molecule has 2 aromatic rings. The minimum Gasteiger partial charge on any atom is -0.378 e. The van der Waals surface area contributed by atoms with Gasteiger partial charge in [-0.05, 0) is 6.92 Å². The Hall–Kier alpha value is -1.31. The number of aromatic nitrogens is 3. The van der Waals surface area contributed by atoms with E-state index < -0.39 is 0 Å². The smallest absolute Gasteiger partial charge is 0.228 e. The molecule has 7 heteroatoms.